The van der Waals surface area contributed by atoms with Gasteiger partial charge in [0.25, 0.3) is 0 Å². The van der Waals surface area contributed by atoms with Crippen LogP contribution < -0.4 is 14.9 Å². The molecule has 3 rings (SSSR count). The molecule has 1 aromatic heterocycles. The minimum atomic E-state index is -0.273. The van der Waals surface area contributed by atoms with Gasteiger partial charge in [-0.05, 0) is 77.4 Å². The molecule has 0 unspecified atom stereocenters. The Morgan fingerprint density at radius 3 is 2.61 bits per heavy atom. The van der Waals surface area contributed by atoms with Crippen molar-refractivity contribution in [1.82, 2.24) is 14.9 Å². The van der Waals surface area contributed by atoms with Crippen molar-refractivity contribution in [2.45, 2.75) is 27.0 Å². The van der Waals surface area contributed by atoms with E-state index in [4.69, 9.17) is 21.7 Å². The van der Waals surface area contributed by atoms with E-state index in [1.54, 1.807) is 16.8 Å². The van der Waals surface area contributed by atoms with E-state index in [-0.39, 0.29) is 5.82 Å². The highest BCUT2D eigenvalue weighted by molar-refractivity contribution is 9.10. The average Bonchev–Trinajstić information content (AvgIpc) is 2.99. The molecule has 0 bridgehead atoms. The zero-order valence-corrected chi connectivity index (χ0v) is 17.9. The van der Waals surface area contributed by atoms with Gasteiger partial charge in [-0.2, -0.15) is 5.10 Å². The third-order valence-corrected chi connectivity index (χ3v) is 4.81. The topological polar surface area (TPSA) is 64.1 Å². The van der Waals surface area contributed by atoms with Crippen molar-refractivity contribution in [1.29, 1.82) is 0 Å². The molecule has 28 heavy (non-hydrogen) atoms. The van der Waals surface area contributed by atoms with Crippen molar-refractivity contribution in [3.05, 3.63) is 68.4 Å². The first-order valence-corrected chi connectivity index (χ1v) is 9.88. The van der Waals surface area contributed by atoms with Crippen molar-refractivity contribution >= 4 is 28.1 Å². The smallest absolute Gasteiger partial charge is 0.214 e. The predicted molar refractivity (Wildman–Crippen MR) is 111 cm³/mol. The molecule has 0 amide bonds. The number of rotatable bonds is 8. The number of aromatic nitrogens is 3. The van der Waals surface area contributed by atoms with E-state index in [1.165, 1.54) is 12.1 Å². The molecular formula is C19H20BrFN4O2S. The summed E-state index contributed by atoms with van der Waals surface area (Å²) in [5.41, 5.74) is 5.07. The third kappa shape index (κ3) is 4.90. The standard InChI is InChI=1S/C19H20BrFN4O2S/c1-3-26-17-9-14(10-22-25-12(2)23-24-19(25)28)8-16(20)18(17)27-11-13-4-6-15(21)7-5-13/h4-9,22H,3,10-11H2,1-2H3,(H,24,28). The quantitative estimate of drug-likeness (QED) is 0.463. The van der Waals surface area contributed by atoms with E-state index >= 15 is 0 Å². The lowest BCUT2D eigenvalue weighted by atomic mass is 10.2. The van der Waals surface area contributed by atoms with Gasteiger partial charge in [0.05, 0.1) is 17.6 Å². The number of H-pyrrole nitrogens is 1. The van der Waals surface area contributed by atoms with Crippen LogP contribution in [0.4, 0.5) is 4.39 Å². The zero-order valence-electron chi connectivity index (χ0n) is 15.5. The molecule has 2 aromatic carbocycles. The fraction of sp³-hybridized carbons (Fsp3) is 0.263. The molecule has 1 heterocycles. The largest absolute Gasteiger partial charge is 0.490 e. The second-order valence-electron chi connectivity index (χ2n) is 6.00. The molecule has 0 aliphatic heterocycles. The molecule has 9 heteroatoms. The van der Waals surface area contributed by atoms with Crippen LogP contribution in [0.1, 0.15) is 23.9 Å². The predicted octanol–water partition coefficient (Wildman–Crippen LogP) is 4.87. The first-order valence-electron chi connectivity index (χ1n) is 8.68. The monoisotopic (exact) mass is 466 g/mol. The van der Waals surface area contributed by atoms with E-state index in [9.17, 15) is 4.39 Å². The molecule has 0 saturated heterocycles. The summed E-state index contributed by atoms with van der Waals surface area (Å²) in [5.74, 6) is 1.70. The maximum absolute atomic E-state index is 13.1. The SMILES string of the molecule is CCOc1cc(CNn2c(C)n[nH]c2=S)cc(Br)c1OCc1ccc(F)cc1. The molecular weight excluding hydrogens is 447 g/mol. The van der Waals surface area contributed by atoms with Gasteiger partial charge in [-0.3, -0.25) is 5.10 Å². The van der Waals surface area contributed by atoms with Crippen LogP contribution in [0.2, 0.25) is 0 Å². The van der Waals surface area contributed by atoms with Gasteiger partial charge in [0, 0.05) is 0 Å². The van der Waals surface area contributed by atoms with Crippen molar-refractivity contribution in [3.63, 3.8) is 0 Å². The van der Waals surface area contributed by atoms with Gasteiger partial charge < -0.3 is 14.9 Å². The zero-order chi connectivity index (χ0) is 20.1. The molecule has 2 N–H and O–H groups in total. The lowest BCUT2D eigenvalue weighted by Crippen LogP contribution is -2.16. The molecule has 6 nitrogen and oxygen atoms in total. The Labute approximate surface area is 175 Å². The van der Waals surface area contributed by atoms with Gasteiger partial charge in [-0.25, -0.2) is 9.07 Å². The molecule has 0 radical (unpaired) electrons. The summed E-state index contributed by atoms with van der Waals surface area (Å²) < 4.78 is 27.7. The number of ether oxygens (including phenoxy) is 2. The molecule has 0 saturated carbocycles. The second kappa shape index (κ2) is 9.20. The van der Waals surface area contributed by atoms with Crippen molar-refractivity contribution in [2.24, 2.45) is 0 Å². The highest BCUT2D eigenvalue weighted by atomic mass is 79.9. The minimum absolute atomic E-state index is 0.273. The van der Waals surface area contributed by atoms with Crippen molar-refractivity contribution in [3.8, 4) is 11.5 Å². The Morgan fingerprint density at radius 2 is 1.96 bits per heavy atom. The summed E-state index contributed by atoms with van der Waals surface area (Å²) in [6, 6.07) is 10.1. The lowest BCUT2D eigenvalue weighted by Gasteiger charge is -2.16. The molecule has 0 aliphatic carbocycles. The Morgan fingerprint density at radius 1 is 1.21 bits per heavy atom. The van der Waals surface area contributed by atoms with Gasteiger partial charge in [0.15, 0.2) is 11.5 Å². The van der Waals surface area contributed by atoms with Gasteiger partial charge in [-0.15, -0.1) is 0 Å². The molecule has 0 aliphatic rings. The van der Waals surface area contributed by atoms with Crippen molar-refractivity contribution < 1.29 is 13.9 Å². The Hall–Kier alpha value is -2.39. The maximum atomic E-state index is 13.1. The van der Waals surface area contributed by atoms with Crippen LogP contribution in [0.15, 0.2) is 40.9 Å². The normalized spacial score (nSPS) is 10.7. The summed E-state index contributed by atoms with van der Waals surface area (Å²) in [6.45, 7) is 5.09. The van der Waals surface area contributed by atoms with Crippen LogP contribution >= 0.6 is 28.1 Å². The number of benzene rings is 2. The second-order valence-corrected chi connectivity index (χ2v) is 7.24. The molecule has 0 spiro atoms. The van der Waals surface area contributed by atoms with Crippen LogP contribution in [0.5, 0.6) is 11.5 Å². The van der Waals surface area contributed by atoms with Crippen LogP contribution in [-0.4, -0.2) is 21.5 Å². The highest BCUT2D eigenvalue weighted by Crippen LogP contribution is 2.37. The molecule has 3 aromatic rings. The average molecular weight is 467 g/mol. The number of halogens is 2. The number of hydrogen-bond acceptors (Lipinski definition) is 5. The third-order valence-electron chi connectivity index (χ3n) is 3.95. The van der Waals surface area contributed by atoms with Gasteiger partial charge >= 0.3 is 0 Å². The van der Waals surface area contributed by atoms with Gasteiger partial charge in [0.1, 0.15) is 18.2 Å². The number of aryl methyl sites for hydroxylation is 1. The highest BCUT2D eigenvalue weighted by Gasteiger charge is 2.13. The van der Waals surface area contributed by atoms with E-state index in [1.807, 2.05) is 26.0 Å². The molecule has 0 fully saturated rings. The number of aromatic amines is 1. The summed E-state index contributed by atoms with van der Waals surface area (Å²) in [5, 5.41) is 6.81. The Balaban J connectivity index is 1.77. The Bertz CT molecular complexity index is 1000. The number of nitrogens with one attached hydrogen (secondary N) is 2. The van der Waals surface area contributed by atoms with Crippen LogP contribution in [0.3, 0.4) is 0 Å². The van der Waals surface area contributed by atoms with E-state index in [0.717, 1.165) is 21.4 Å². The minimum Gasteiger partial charge on any atom is -0.490 e. The summed E-state index contributed by atoms with van der Waals surface area (Å²) in [7, 11) is 0. The summed E-state index contributed by atoms with van der Waals surface area (Å²) >= 11 is 8.76. The van der Waals surface area contributed by atoms with Crippen LogP contribution in [0, 0.1) is 17.5 Å². The number of nitrogens with zero attached hydrogens (tertiary/aromatic N) is 2. The fourth-order valence-electron chi connectivity index (χ4n) is 2.59. The van der Waals surface area contributed by atoms with Crippen LogP contribution in [-0.2, 0) is 13.2 Å². The van der Waals surface area contributed by atoms with E-state index < -0.39 is 0 Å². The maximum Gasteiger partial charge on any atom is 0.214 e. The van der Waals surface area contributed by atoms with Gasteiger partial charge in [0.2, 0.25) is 4.77 Å². The van der Waals surface area contributed by atoms with Crippen molar-refractivity contribution in [2.75, 3.05) is 12.0 Å². The molecule has 148 valence electrons. The fourth-order valence-corrected chi connectivity index (χ4v) is 3.44. The molecule has 0 atom stereocenters. The summed E-state index contributed by atoms with van der Waals surface area (Å²) in [4.78, 5) is 0. The van der Waals surface area contributed by atoms with E-state index in [0.29, 0.717) is 36.0 Å². The lowest BCUT2D eigenvalue weighted by molar-refractivity contribution is 0.267. The summed E-state index contributed by atoms with van der Waals surface area (Å²) in [6.07, 6.45) is 0. The first kappa shape index (κ1) is 20.3. The van der Waals surface area contributed by atoms with Crippen LogP contribution in [0.25, 0.3) is 0 Å². The van der Waals surface area contributed by atoms with E-state index in [2.05, 4.69) is 31.6 Å². The number of hydrogen-bond donors (Lipinski definition) is 2. The Kier molecular flexibility index (Phi) is 6.69. The first-order chi connectivity index (χ1) is 13.5. The van der Waals surface area contributed by atoms with Gasteiger partial charge in [-0.1, -0.05) is 12.1 Å².